The SMILES string of the molecule is COc1cc2ncnc(Nc3ccc4c(-c5ccc(F)cc5)n[nH]c4c3)c2cc1OC.Cl. The number of nitrogens with zero attached hydrogens (tertiary/aromatic N) is 3. The van der Waals surface area contributed by atoms with Crippen LogP contribution in [0.5, 0.6) is 11.5 Å². The maximum atomic E-state index is 13.2. The topological polar surface area (TPSA) is 85.0 Å². The van der Waals surface area contributed by atoms with E-state index in [9.17, 15) is 4.39 Å². The van der Waals surface area contributed by atoms with Gasteiger partial charge in [-0.05, 0) is 48.5 Å². The molecule has 0 bridgehead atoms. The van der Waals surface area contributed by atoms with Crippen LogP contribution in [0.15, 0.2) is 60.9 Å². The zero-order valence-corrected chi connectivity index (χ0v) is 18.0. The highest BCUT2D eigenvalue weighted by atomic mass is 35.5. The van der Waals surface area contributed by atoms with Crippen molar-refractivity contribution in [3.05, 3.63) is 66.7 Å². The van der Waals surface area contributed by atoms with Crippen molar-refractivity contribution in [2.24, 2.45) is 0 Å². The third-order valence-corrected chi connectivity index (χ3v) is 5.08. The summed E-state index contributed by atoms with van der Waals surface area (Å²) in [4.78, 5) is 8.73. The maximum absolute atomic E-state index is 13.2. The Bertz CT molecular complexity index is 1410. The Balaban J connectivity index is 0.00000245. The minimum Gasteiger partial charge on any atom is -0.493 e. The normalized spacial score (nSPS) is 10.7. The van der Waals surface area contributed by atoms with Crippen LogP contribution in [0.4, 0.5) is 15.9 Å². The molecule has 5 rings (SSSR count). The number of fused-ring (bicyclic) bond motifs is 2. The molecule has 0 amide bonds. The Morgan fingerprint density at radius 3 is 2.38 bits per heavy atom. The summed E-state index contributed by atoms with van der Waals surface area (Å²) in [6.45, 7) is 0. The Kier molecular flexibility index (Phi) is 5.79. The van der Waals surface area contributed by atoms with E-state index in [-0.39, 0.29) is 18.2 Å². The summed E-state index contributed by atoms with van der Waals surface area (Å²) in [6.07, 6.45) is 1.50. The summed E-state index contributed by atoms with van der Waals surface area (Å²) >= 11 is 0. The summed E-state index contributed by atoms with van der Waals surface area (Å²) in [5.74, 6) is 1.57. The fraction of sp³-hybridized carbons (Fsp3) is 0.0870. The van der Waals surface area contributed by atoms with Crippen LogP contribution in [0.2, 0.25) is 0 Å². The molecule has 2 N–H and O–H groups in total. The van der Waals surface area contributed by atoms with Crippen LogP contribution in [0.1, 0.15) is 0 Å². The van der Waals surface area contributed by atoms with E-state index in [1.54, 1.807) is 26.4 Å². The molecular formula is C23H19ClFN5O2. The van der Waals surface area contributed by atoms with Crippen LogP contribution in [-0.2, 0) is 0 Å². The second-order valence-electron chi connectivity index (χ2n) is 6.91. The summed E-state index contributed by atoms with van der Waals surface area (Å²) in [5, 5.41) is 12.5. The minimum absolute atomic E-state index is 0. The van der Waals surface area contributed by atoms with Crippen LogP contribution in [0.25, 0.3) is 33.1 Å². The first-order chi connectivity index (χ1) is 15.2. The lowest BCUT2D eigenvalue weighted by Crippen LogP contribution is -1.98. The summed E-state index contributed by atoms with van der Waals surface area (Å²) in [5.41, 5.74) is 4.02. The van der Waals surface area contributed by atoms with Crippen LogP contribution in [0, 0.1) is 5.82 Å². The predicted molar refractivity (Wildman–Crippen MR) is 125 cm³/mol. The summed E-state index contributed by atoms with van der Waals surface area (Å²) in [6, 6.07) is 15.8. The first-order valence-corrected chi connectivity index (χ1v) is 9.54. The molecule has 2 heterocycles. The summed E-state index contributed by atoms with van der Waals surface area (Å²) in [7, 11) is 3.18. The van der Waals surface area contributed by atoms with Gasteiger partial charge in [0.05, 0.1) is 30.9 Å². The van der Waals surface area contributed by atoms with Gasteiger partial charge in [-0.15, -0.1) is 12.4 Å². The number of hydrogen-bond donors (Lipinski definition) is 2. The number of halogens is 2. The third-order valence-electron chi connectivity index (χ3n) is 5.08. The number of benzene rings is 3. The number of ether oxygens (including phenoxy) is 2. The second kappa shape index (κ2) is 8.68. The molecule has 9 heteroatoms. The van der Waals surface area contributed by atoms with E-state index < -0.39 is 0 Å². The van der Waals surface area contributed by atoms with Gasteiger partial charge in [-0.2, -0.15) is 5.10 Å². The molecule has 0 saturated heterocycles. The number of rotatable bonds is 5. The van der Waals surface area contributed by atoms with Crippen LogP contribution >= 0.6 is 12.4 Å². The van der Waals surface area contributed by atoms with Crippen molar-refractivity contribution in [2.45, 2.75) is 0 Å². The molecule has 5 aromatic rings. The molecule has 0 aliphatic heterocycles. The molecule has 7 nitrogen and oxygen atoms in total. The number of nitrogens with one attached hydrogen (secondary N) is 2. The predicted octanol–water partition coefficient (Wildman–Crippen LogP) is 5.49. The molecule has 162 valence electrons. The number of aromatic nitrogens is 4. The highest BCUT2D eigenvalue weighted by Gasteiger charge is 2.13. The van der Waals surface area contributed by atoms with Gasteiger partial charge < -0.3 is 14.8 Å². The Morgan fingerprint density at radius 2 is 1.62 bits per heavy atom. The van der Waals surface area contributed by atoms with Crippen molar-refractivity contribution in [1.29, 1.82) is 0 Å². The van der Waals surface area contributed by atoms with Gasteiger partial charge in [0.1, 0.15) is 18.0 Å². The van der Waals surface area contributed by atoms with Crippen molar-refractivity contribution in [1.82, 2.24) is 20.2 Å². The fourth-order valence-corrected chi connectivity index (χ4v) is 3.54. The minimum atomic E-state index is -0.276. The third kappa shape index (κ3) is 3.76. The van der Waals surface area contributed by atoms with E-state index in [1.165, 1.54) is 18.5 Å². The van der Waals surface area contributed by atoms with Gasteiger partial charge >= 0.3 is 0 Å². The zero-order valence-electron chi connectivity index (χ0n) is 17.2. The zero-order chi connectivity index (χ0) is 21.4. The highest BCUT2D eigenvalue weighted by Crippen LogP contribution is 2.35. The number of anilines is 2. The molecule has 0 aliphatic rings. The highest BCUT2D eigenvalue weighted by molar-refractivity contribution is 5.97. The van der Waals surface area contributed by atoms with Crippen molar-refractivity contribution >= 4 is 45.7 Å². The lowest BCUT2D eigenvalue weighted by molar-refractivity contribution is 0.356. The van der Waals surface area contributed by atoms with E-state index in [0.717, 1.165) is 38.8 Å². The van der Waals surface area contributed by atoms with E-state index in [4.69, 9.17) is 9.47 Å². The van der Waals surface area contributed by atoms with Crippen LogP contribution in [-0.4, -0.2) is 34.4 Å². The number of hydrogen-bond acceptors (Lipinski definition) is 6. The van der Waals surface area contributed by atoms with Crippen LogP contribution < -0.4 is 14.8 Å². The van der Waals surface area contributed by atoms with E-state index in [0.29, 0.717) is 17.3 Å². The van der Waals surface area contributed by atoms with Crippen LogP contribution in [0.3, 0.4) is 0 Å². The Hall–Kier alpha value is -3.91. The molecule has 0 radical (unpaired) electrons. The molecule has 2 aromatic heterocycles. The lowest BCUT2D eigenvalue weighted by Gasteiger charge is -2.12. The van der Waals surface area contributed by atoms with Gasteiger partial charge in [0.15, 0.2) is 11.5 Å². The van der Waals surface area contributed by atoms with Gasteiger partial charge in [0.25, 0.3) is 0 Å². The molecule has 0 fully saturated rings. The standard InChI is InChI=1S/C23H18FN5O2.ClH/c1-30-20-10-17-18(11-21(20)31-2)25-12-26-23(17)27-15-7-8-16-19(9-15)28-29-22(16)13-3-5-14(24)6-4-13;/h3-12H,1-2H3,(H,28,29)(H,25,26,27);1H. The molecule has 32 heavy (non-hydrogen) atoms. The van der Waals surface area contributed by atoms with Crippen molar-refractivity contribution in [2.75, 3.05) is 19.5 Å². The number of H-pyrrole nitrogens is 1. The van der Waals surface area contributed by atoms with Crippen molar-refractivity contribution in [3.63, 3.8) is 0 Å². The average molecular weight is 452 g/mol. The molecule has 3 aromatic carbocycles. The lowest BCUT2D eigenvalue weighted by atomic mass is 10.1. The molecular weight excluding hydrogens is 433 g/mol. The molecule has 0 spiro atoms. The monoisotopic (exact) mass is 451 g/mol. The number of aromatic amines is 1. The van der Waals surface area contributed by atoms with Crippen molar-refractivity contribution in [3.8, 4) is 22.8 Å². The van der Waals surface area contributed by atoms with E-state index >= 15 is 0 Å². The first-order valence-electron chi connectivity index (χ1n) is 9.54. The molecule has 0 unspecified atom stereocenters. The largest absolute Gasteiger partial charge is 0.493 e. The molecule has 0 saturated carbocycles. The maximum Gasteiger partial charge on any atom is 0.162 e. The van der Waals surface area contributed by atoms with Gasteiger partial charge in [0.2, 0.25) is 0 Å². The Labute approximate surface area is 189 Å². The molecule has 0 atom stereocenters. The van der Waals surface area contributed by atoms with Gasteiger partial charge in [-0.3, -0.25) is 5.10 Å². The quantitative estimate of drug-likeness (QED) is 0.367. The Morgan fingerprint density at radius 1 is 0.875 bits per heavy atom. The van der Waals surface area contributed by atoms with Gasteiger partial charge in [-0.25, -0.2) is 14.4 Å². The summed E-state index contributed by atoms with van der Waals surface area (Å²) < 4.78 is 24.0. The van der Waals surface area contributed by atoms with E-state index in [2.05, 4.69) is 25.5 Å². The first kappa shape index (κ1) is 21.3. The smallest absolute Gasteiger partial charge is 0.162 e. The van der Waals surface area contributed by atoms with E-state index in [1.807, 2.05) is 30.3 Å². The molecule has 0 aliphatic carbocycles. The fourth-order valence-electron chi connectivity index (χ4n) is 3.54. The second-order valence-corrected chi connectivity index (χ2v) is 6.91. The van der Waals surface area contributed by atoms with Gasteiger partial charge in [0, 0.05) is 28.1 Å². The number of methoxy groups -OCH3 is 2. The van der Waals surface area contributed by atoms with Gasteiger partial charge in [-0.1, -0.05) is 0 Å². The average Bonchev–Trinajstić information content (AvgIpc) is 3.22. The van der Waals surface area contributed by atoms with Crippen molar-refractivity contribution < 1.29 is 13.9 Å².